The van der Waals surface area contributed by atoms with E-state index in [-0.39, 0.29) is 5.56 Å². The summed E-state index contributed by atoms with van der Waals surface area (Å²) in [7, 11) is -4.14. The standard InChI is InChI=1S/C18H17F3N4O2S/c1-12-3-8-16(9-17(12)18(19,20)21)28(26,27)24-13(2)14-4-6-15(7-5-14)25-11-22-10-23-25/h3-11,13,24H,1-2H3. The Bertz CT molecular complexity index is 1060. The lowest BCUT2D eigenvalue weighted by atomic mass is 10.1. The molecule has 10 heteroatoms. The van der Waals surface area contributed by atoms with Crippen LogP contribution in [-0.2, 0) is 16.2 Å². The molecule has 1 heterocycles. The zero-order valence-electron chi connectivity index (χ0n) is 15.0. The van der Waals surface area contributed by atoms with Crippen LogP contribution < -0.4 is 4.72 Å². The highest BCUT2D eigenvalue weighted by atomic mass is 32.2. The van der Waals surface area contributed by atoms with Crippen molar-refractivity contribution in [2.75, 3.05) is 0 Å². The quantitative estimate of drug-likeness (QED) is 0.697. The lowest BCUT2D eigenvalue weighted by Gasteiger charge is -2.17. The van der Waals surface area contributed by atoms with Gasteiger partial charge in [-0.15, -0.1) is 0 Å². The molecule has 6 nitrogen and oxygen atoms in total. The minimum Gasteiger partial charge on any atom is -0.223 e. The lowest BCUT2D eigenvalue weighted by Crippen LogP contribution is -2.27. The number of hydrogen-bond donors (Lipinski definition) is 1. The maximum Gasteiger partial charge on any atom is 0.416 e. The number of hydrogen-bond acceptors (Lipinski definition) is 4. The molecule has 0 aliphatic rings. The van der Waals surface area contributed by atoms with Crippen molar-refractivity contribution in [3.05, 3.63) is 71.8 Å². The Labute approximate surface area is 160 Å². The van der Waals surface area contributed by atoms with Crippen molar-refractivity contribution in [3.8, 4) is 5.69 Å². The normalized spacial score (nSPS) is 13.5. The fourth-order valence-corrected chi connectivity index (χ4v) is 3.96. The van der Waals surface area contributed by atoms with E-state index in [1.54, 1.807) is 35.9 Å². The predicted octanol–water partition coefficient (Wildman–Crippen LogP) is 3.63. The lowest BCUT2D eigenvalue weighted by molar-refractivity contribution is -0.138. The molecular formula is C18H17F3N4O2S. The van der Waals surface area contributed by atoms with Crippen LogP contribution in [0.1, 0.15) is 29.7 Å². The van der Waals surface area contributed by atoms with E-state index < -0.39 is 32.7 Å². The Balaban J connectivity index is 1.82. The molecule has 3 aromatic rings. The third kappa shape index (κ3) is 4.23. The summed E-state index contributed by atoms with van der Waals surface area (Å²) < 4.78 is 68.3. The van der Waals surface area contributed by atoms with Crippen molar-refractivity contribution in [1.29, 1.82) is 0 Å². The summed E-state index contributed by atoms with van der Waals surface area (Å²) in [4.78, 5) is 3.41. The van der Waals surface area contributed by atoms with Crippen LogP contribution in [0.3, 0.4) is 0 Å². The topological polar surface area (TPSA) is 76.9 Å². The third-order valence-electron chi connectivity index (χ3n) is 4.23. The van der Waals surface area contributed by atoms with Crippen LogP contribution >= 0.6 is 0 Å². The SMILES string of the molecule is Cc1ccc(S(=O)(=O)NC(C)c2ccc(-n3cncn3)cc2)cc1C(F)(F)F. The number of alkyl halides is 3. The molecule has 0 saturated carbocycles. The van der Waals surface area contributed by atoms with Crippen molar-refractivity contribution in [2.24, 2.45) is 0 Å². The van der Waals surface area contributed by atoms with Crippen molar-refractivity contribution < 1.29 is 21.6 Å². The van der Waals surface area contributed by atoms with Crippen LogP contribution in [0.25, 0.3) is 5.69 Å². The smallest absolute Gasteiger partial charge is 0.223 e. The third-order valence-corrected chi connectivity index (χ3v) is 5.77. The first-order valence-corrected chi connectivity index (χ1v) is 9.71. The summed E-state index contributed by atoms with van der Waals surface area (Å²) >= 11 is 0. The number of aryl methyl sites for hydroxylation is 1. The molecule has 2 aromatic carbocycles. The maximum absolute atomic E-state index is 13.1. The Morgan fingerprint density at radius 2 is 1.79 bits per heavy atom. The highest BCUT2D eigenvalue weighted by Gasteiger charge is 2.33. The Morgan fingerprint density at radius 3 is 2.36 bits per heavy atom. The number of aromatic nitrogens is 3. The average molecular weight is 410 g/mol. The van der Waals surface area contributed by atoms with E-state index in [1.807, 2.05) is 0 Å². The summed E-state index contributed by atoms with van der Waals surface area (Å²) in [5.74, 6) is 0. The fraction of sp³-hybridized carbons (Fsp3) is 0.222. The van der Waals surface area contributed by atoms with Crippen LogP contribution in [0.2, 0.25) is 0 Å². The van der Waals surface area contributed by atoms with E-state index in [9.17, 15) is 21.6 Å². The molecule has 1 atom stereocenters. The fourth-order valence-electron chi connectivity index (χ4n) is 2.70. The second-order valence-electron chi connectivity index (χ2n) is 6.25. The summed E-state index contributed by atoms with van der Waals surface area (Å²) in [6, 6.07) is 9.21. The molecule has 0 saturated heterocycles. The number of nitrogens with zero attached hydrogens (tertiary/aromatic N) is 3. The van der Waals surface area contributed by atoms with Gasteiger partial charge in [-0.1, -0.05) is 18.2 Å². The zero-order chi connectivity index (χ0) is 20.5. The van der Waals surface area contributed by atoms with Crippen molar-refractivity contribution in [3.63, 3.8) is 0 Å². The predicted molar refractivity (Wildman–Crippen MR) is 96.3 cm³/mol. The van der Waals surface area contributed by atoms with Gasteiger partial charge in [-0.05, 0) is 49.2 Å². The van der Waals surface area contributed by atoms with E-state index in [0.717, 1.165) is 17.8 Å². The van der Waals surface area contributed by atoms with Gasteiger partial charge in [-0.2, -0.15) is 18.3 Å². The van der Waals surface area contributed by atoms with Gasteiger partial charge in [0.15, 0.2) is 0 Å². The molecule has 0 aliphatic heterocycles. The van der Waals surface area contributed by atoms with Gasteiger partial charge < -0.3 is 0 Å². The number of rotatable bonds is 5. The van der Waals surface area contributed by atoms with Crippen LogP contribution in [-0.4, -0.2) is 23.2 Å². The first-order chi connectivity index (χ1) is 13.1. The van der Waals surface area contributed by atoms with Gasteiger partial charge >= 0.3 is 6.18 Å². The monoisotopic (exact) mass is 410 g/mol. The summed E-state index contributed by atoms with van der Waals surface area (Å²) in [6.07, 6.45) is -1.71. The van der Waals surface area contributed by atoms with Gasteiger partial charge in [0.25, 0.3) is 0 Å². The van der Waals surface area contributed by atoms with Crippen molar-refractivity contribution >= 4 is 10.0 Å². The first-order valence-electron chi connectivity index (χ1n) is 8.23. The molecule has 0 fully saturated rings. The van der Waals surface area contributed by atoms with E-state index in [0.29, 0.717) is 11.6 Å². The molecule has 1 N–H and O–H groups in total. The highest BCUT2D eigenvalue weighted by molar-refractivity contribution is 7.89. The summed E-state index contributed by atoms with van der Waals surface area (Å²) in [5, 5.41) is 4.00. The van der Waals surface area contributed by atoms with Gasteiger partial charge in [0, 0.05) is 6.04 Å². The van der Waals surface area contributed by atoms with E-state index in [2.05, 4.69) is 14.8 Å². The largest absolute Gasteiger partial charge is 0.416 e. The number of halogens is 3. The summed E-state index contributed by atoms with van der Waals surface area (Å²) in [5.41, 5.74) is 0.378. The molecule has 0 bridgehead atoms. The van der Waals surface area contributed by atoms with Gasteiger partial charge in [0.2, 0.25) is 10.0 Å². The number of nitrogens with one attached hydrogen (secondary N) is 1. The van der Waals surface area contributed by atoms with Crippen molar-refractivity contribution in [1.82, 2.24) is 19.5 Å². The molecular weight excluding hydrogens is 393 g/mol. The molecule has 1 aromatic heterocycles. The van der Waals surface area contributed by atoms with Crippen LogP contribution in [0.4, 0.5) is 13.2 Å². The minimum atomic E-state index is -4.63. The molecule has 0 spiro atoms. The van der Waals surface area contributed by atoms with Crippen molar-refractivity contribution in [2.45, 2.75) is 31.0 Å². The second-order valence-corrected chi connectivity index (χ2v) is 7.96. The molecule has 0 amide bonds. The Morgan fingerprint density at radius 1 is 1.11 bits per heavy atom. The molecule has 28 heavy (non-hydrogen) atoms. The first kappa shape index (κ1) is 20.0. The maximum atomic E-state index is 13.1. The van der Waals surface area contributed by atoms with Crippen LogP contribution in [0.5, 0.6) is 0 Å². The second kappa shape index (κ2) is 7.36. The zero-order valence-corrected chi connectivity index (χ0v) is 15.8. The number of benzene rings is 2. The minimum absolute atomic E-state index is 0.0387. The molecule has 0 aliphatic carbocycles. The van der Waals surface area contributed by atoms with Crippen LogP contribution in [0, 0.1) is 6.92 Å². The van der Waals surface area contributed by atoms with Gasteiger partial charge in [-0.25, -0.2) is 22.8 Å². The molecule has 1 unspecified atom stereocenters. The molecule has 148 valence electrons. The van der Waals surface area contributed by atoms with Crippen LogP contribution in [0.15, 0.2) is 60.0 Å². The Kier molecular flexibility index (Phi) is 5.26. The van der Waals surface area contributed by atoms with Gasteiger partial charge in [0.05, 0.1) is 16.1 Å². The molecule has 0 radical (unpaired) electrons. The summed E-state index contributed by atoms with van der Waals surface area (Å²) in [6.45, 7) is 2.90. The van der Waals surface area contributed by atoms with Gasteiger partial charge in [0.1, 0.15) is 12.7 Å². The number of sulfonamides is 1. The van der Waals surface area contributed by atoms with E-state index in [4.69, 9.17) is 0 Å². The van der Waals surface area contributed by atoms with Gasteiger partial charge in [-0.3, -0.25) is 0 Å². The highest BCUT2D eigenvalue weighted by Crippen LogP contribution is 2.33. The average Bonchev–Trinajstić information content (AvgIpc) is 3.15. The van der Waals surface area contributed by atoms with E-state index in [1.165, 1.54) is 19.6 Å². The molecule has 3 rings (SSSR count). The Hall–Kier alpha value is -2.72. The van der Waals surface area contributed by atoms with E-state index >= 15 is 0 Å².